The zero-order chi connectivity index (χ0) is 12.5. The van der Waals surface area contributed by atoms with Crippen molar-refractivity contribution in [1.82, 2.24) is 5.06 Å². The molecule has 18 heavy (non-hydrogen) atoms. The maximum atomic E-state index is 5.88. The molecule has 1 aliphatic rings. The second-order valence-corrected chi connectivity index (χ2v) is 4.89. The van der Waals surface area contributed by atoms with Crippen molar-refractivity contribution in [2.75, 3.05) is 0 Å². The van der Waals surface area contributed by atoms with Gasteiger partial charge in [0.2, 0.25) is 0 Å². The Morgan fingerprint density at radius 2 is 1.72 bits per heavy atom. The van der Waals surface area contributed by atoms with Gasteiger partial charge in [-0.05, 0) is 30.2 Å². The molecule has 1 heterocycles. The second kappa shape index (κ2) is 4.73. The Morgan fingerprint density at radius 3 is 2.39 bits per heavy atom. The largest absolute Gasteiger partial charge is 0.269 e. The van der Waals surface area contributed by atoms with Crippen LogP contribution in [0.25, 0.3) is 0 Å². The lowest BCUT2D eigenvalue weighted by atomic mass is 10.1. The first kappa shape index (κ1) is 11.7. The molecular weight excluding hydrogens is 246 g/mol. The summed E-state index contributed by atoms with van der Waals surface area (Å²) in [5.74, 6) is 0. The number of benzene rings is 2. The fraction of sp³-hybridized carbons (Fsp3) is 0.200. The van der Waals surface area contributed by atoms with Gasteiger partial charge in [0.05, 0.1) is 6.04 Å². The highest BCUT2D eigenvalue weighted by atomic mass is 35.5. The van der Waals surface area contributed by atoms with Crippen LogP contribution in [0.5, 0.6) is 0 Å². The molecule has 0 spiro atoms. The molecule has 92 valence electrons. The number of nitrogens with zero attached hydrogens (tertiary/aromatic N) is 1. The molecule has 3 rings (SSSR count). The molecule has 2 nitrogen and oxygen atoms in total. The van der Waals surface area contributed by atoms with Crippen molar-refractivity contribution in [3.8, 4) is 0 Å². The first-order chi connectivity index (χ1) is 8.75. The molecule has 3 heteroatoms. The van der Waals surface area contributed by atoms with Gasteiger partial charge in [-0.25, -0.2) is 0 Å². The van der Waals surface area contributed by atoms with E-state index >= 15 is 0 Å². The lowest BCUT2D eigenvalue weighted by Crippen LogP contribution is -2.05. The quantitative estimate of drug-likeness (QED) is 0.762. The Balaban J connectivity index is 1.72. The van der Waals surface area contributed by atoms with Crippen LogP contribution in [0, 0.1) is 0 Å². The summed E-state index contributed by atoms with van der Waals surface area (Å²) >= 11 is 5.88. The van der Waals surface area contributed by atoms with Gasteiger partial charge in [0.25, 0.3) is 0 Å². The summed E-state index contributed by atoms with van der Waals surface area (Å²) in [5.41, 5.74) is 2.40. The van der Waals surface area contributed by atoms with Crippen molar-refractivity contribution in [3.05, 3.63) is 70.7 Å². The van der Waals surface area contributed by atoms with Crippen molar-refractivity contribution in [2.45, 2.75) is 19.2 Å². The van der Waals surface area contributed by atoms with Crippen LogP contribution in [0.2, 0.25) is 5.02 Å². The van der Waals surface area contributed by atoms with Crippen LogP contribution in [0.4, 0.5) is 0 Å². The molecule has 2 aromatic carbocycles. The van der Waals surface area contributed by atoms with Gasteiger partial charge in [-0.3, -0.25) is 4.84 Å². The van der Waals surface area contributed by atoms with Crippen LogP contribution in [0.15, 0.2) is 54.6 Å². The first-order valence-corrected chi connectivity index (χ1v) is 6.39. The number of halogens is 1. The van der Waals surface area contributed by atoms with E-state index < -0.39 is 0 Å². The van der Waals surface area contributed by atoms with E-state index in [4.69, 9.17) is 16.4 Å². The van der Waals surface area contributed by atoms with Crippen molar-refractivity contribution >= 4 is 11.6 Å². The van der Waals surface area contributed by atoms with Gasteiger partial charge in [0, 0.05) is 5.02 Å². The smallest absolute Gasteiger partial charge is 0.180 e. The Labute approximate surface area is 112 Å². The topological polar surface area (TPSA) is 15.5 Å². The van der Waals surface area contributed by atoms with Crippen LogP contribution in [-0.4, -0.2) is 5.06 Å². The predicted octanol–water partition coefficient (Wildman–Crippen LogP) is 4.35. The molecule has 0 N–H and O–H groups in total. The maximum absolute atomic E-state index is 5.88. The summed E-state index contributed by atoms with van der Waals surface area (Å²) in [7, 11) is 0. The maximum Gasteiger partial charge on any atom is 0.180 e. The van der Waals surface area contributed by atoms with Gasteiger partial charge in [-0.2, -0.15) is 0 Å². The Hall–Kier alpha value is -1.35. The van der Waals surface area contributed by atoms with E-state index in [-0.39, 0.29) is 12.3 Å². The van der Waals surface area contributed by atoms with Crippen LogP contribution in [0.3, 0.4) is 0 Å². The van der Waals surface area contributed by atoms with Gasteiger partial charge in [0.1, 0.15) is 0 Å². The van der Waals surface area contributed by atoms with Crippen LogP contribution in [0.1, 0.15) is 30.3 Å². The Bertz CT molecular complexity index is 526. The highest BCUT2D eigenvalue weighted by Crippen LogP contribution is 2.44. The normalized spacial score (nSPS) is 23.7. The molecule has 1 aliphatic heterocycles. The first-order valence-electron chi connectivity index (χ1n) is 6.01. The molecule has 0 amide bonds. The number of hydroxylamine groups is 2. The third-order valence-electron chi connectivity index (χ3n) is 3.23. The summed E-state index contributed by atoms with van der Waals surface area (Å²) in [6, 6.07) is 18.4. The summed E-state index contributed by atoms with van der Waals surface area (Å²) in [4.78, 5) is 5.65. The van der Waals surface area contributed by atoms with E-state index in [1.165, 1.54) is 5.56 Å². The zero-order valence-electron chi connectivity index (χ0n) is 10.1. The molecule has 0 aromatic heterocycles. The van der Waals surface area contributed by atoms with E-state index in [0.29, 0.717) is 0 Å². The summed E-state index contributed by atoms with van der Waals surface area (Å²) in [6.45, 7) is 2.14. The van der Waals surface area contributed by atoms with Gasteiger partial charge in [-0.15, -0.1) is 5.06 Å². The summed E-state index contributed by atoms with van der Waals surface area (Å²) in [5, 5.41) is 2.75. The second-order valence-electron chi connectivity index (χ2n) is 4.46. The van der Waals surface area contributed by atoms with Crippen molar-refractivity contribution in [3.63, 3.8) is 0 Å². The van der Waals surface area contributed by atoms with Gasteiger partial charge in [-0.1, -0.05) is 54.1 Å². The van der Waals surface area contributed by atoms with E-state index in [0.717, 1.165) is 10.6 Å². The van der Waals surface area contributed by atoms with Crippen molar-refractivity contribution < 1.29 is 4.84 Å². The zero-order valence-corrected chi connectivity index (χ0v) is 10.8. The average Bonchev–Trinajstić information content (AvgIpc) is 3.20. The van der Waals surface area contributed by atoms with Gasteiger partial charge in [0.15, 0.2) is 6.23 Å². The number of hydrogen-bond acceptors (Lipinski definition) is 2. The Kier molecular flexibility index (Phi) is 3.08. The third kappa shape index (κ3) is 2.27. The fourth-order valence-corrected chi connectivity index (χ4v) is 2.22. The number of hydrogen-bond donors (Lipinski definition) is 0. The van der Waals surface area contributed by atoms with Crippen LogP contribution >= 0.6 is 11.6 Å². The lowest BCUT2D eigenvalue weighted by molar-refractivity contribution is 0.155. The molecule has 0 saturated carbocycles. The SMILES string of the molecule is C[C@H](c1ccccc1)N1O[C@@H]1c1ccc(Cl)cc1. The minimum absolute atomic E-state index is 0.0532. The molecule has 1 fully saturated rings. The van der Waals surface area contributed by atoms with E-state index in [2.05, 4.69) is 19.1 Å². The van der Waals surface area contributed by atoms with Crippen LogP contribution in [-0.2, 0) is 4.84 Å². The molecule has 2 aromatic rings. The summed E-state index contributed by atoms with van der Waals surface area (Å²) < 4.78 is 0. The summed E-state index contributed by atoms with van der Waals surface area (Å²) in [6.07, 6.45) is 0.0532. The van der Waals surface area contributed by atoms with Crippen molar-refractivity contribution in [2.24, 2.45) is 0 Å². The lowest BCUT2D eigenvalue weighted by Gasteiger charge is -2.10. The van der Waals surface area contributed by atoms with E-state index in [1.54, 1.807) is 0 Å². The standard InChI is InChI=1S/C15H14ClNO/c1-11(12-5-3-2-4-6-12)17-15(18-17)13-7-9-14(16)10-8-13/h2-11,15H,1H3/t11-,15-,17?/m1/s1. The Morgan fingerprint density at radius 1 is 1.06 bits per heavy atom. The highest BCUT2D eigenvalue weighted by molar-refractivity contribution is 6.30. The molecule has 3 atom stereocenters. The fourth-order valence-electron chi connectivity index (χ4n) is 2.10. The van der Waals surface area contributed by atoms with Gasteiger partial charge < -0.3 is 0 Å². The van der Waals surface area contributed by atoms with E-state index in [9.17, 15) is 0 Å². The average molecular weight is 260 g/mol. The van der Waals surface area contributed by atoms with Gasteiger partial charge >= 0.3 is 0 Å². The van der Waals surface area contributed by atoms with E-state index in [1.807, 2.05) is 47.5 Å². The molecule has 0 bridgehead atoms. The predicted molar refractivity (Wildman–Crippen MR) is 72.0 cm³/mol. The minimum Gasteiger partial charge on any atom is -0.269 e. The molecule has 0 radical (unpaired) electrons. The molecular formula is C15H14ClNO. The molecule has 1 saturated heterocycles. The third-order valence-corrected chi connectivity index (χ3v) is 3.48. The number of rotatable bonds is 3. The minimum atomic E-state index is 0.0532. The van der Waals surface area contributed by atoms with Crippen molar-refractivity contribution in [1.29, 1.82) is 0 Å². The molecule has 0 aliphatic carbocycles. The molecule has 1 unspecified atom stereocenters. The highest BCUT2D eigenvalue weighted by Gasteiger charge is 2.42. The monoisotopic (exact) mass is 259 g/mol. The van der Waals surface area contributed by atoms with Crippen LogP contribution < -0.4 is 0 Å².